The van der Waals surface area contributed by atoms with E-state index in [9.17, 15) is 29.7 Å². The second-order valence-electron chi connectivity index (χ2n) is 29.3. The van der Waals surface area contributed by atoms with Gasteiger partial charge in [0.2, 0.25) is 0 Å². The molecule has 590 valence electrons. The van der Waals surface area contributed by atoms with Crippen molar-refractivity contribution in [2.75, 3.05) is 162 Å². The largest absolute Gasteiger partial charge is 0.477 e. The van der Waals surface area contributed by atoms with Crippen LogP contribution in [0.15, 0.2) is 141 Å². The molecule has 2 aliphatic carbocycles. The van der Waals surface area contributed by atoms with Crippen LogP contribution in [0, 0.1) is 10.8 Å². The van der Waals surface area contributed by atoms with E-state index < -0.39 is 11.9 Å². The van der Waals surface area contributed by atoms with Crippen molar-refractivity contribution in [3.63, 3.8) is 0 Å². The number of rotatable bonds is 25. The summed E-state index contributed by atoms with van der Waals surface area (Å²) in [5, 5.41) is 62.7. The number of benzene rings is 1. The molecule has 3 aliphatic heterocycles. The summed E-state index contributed by atoms with van der Waals surface area (Å²) in [4.78, 5) is 74.3. The Hall–Kier alpha value is -11.4. The average molecular weight is 1540 g/mol. The number of pyridine rings is 3. The molecule has 0 bridgehead atoms. The maximum atomic E-state index is 13.1. The first-order valence-corrected chi connectivity index (χ1v) is 38.3. The number of ether oxygens (including phenoxy) is 3. The van der Waals surface area contributed by atoms with Crippen LogP contribution < -0.4 is 26.6 Å². The van der Waals surface area contributed by atoms with Gasteiger partial charge in [-0.2, -0.15) is 28.8 Å². The molecule has 5 fully saturated rings. The van der Waals surface area contributed by atoms with E-state index >= 15 is 0 Å². The van der Waals surface area contributed by atoms with E-state index in [2.05, 4.69) is 115 Å². The summed E-state index contributed by atoms with van der Waals surface area (Å²) < 4.78 is 27.6. The lowest BCUT2D eigenvalue weighted by Gasteiger charge is -2.26. The Morgan fingerprint density at radius 3 is 1.27 bits per heavy atom. The molecule has 5 aliphatic rings. The molecular formula is C80H95N23O10. The Morgan fingerprint density at radius 1 is 0.496 bits per heavy atom. The standard InChI is InChI=1S/C28H29N7O3.C26H32N8O3.C21H23N7O3.C5H11NO/c1-32(18-20-6-3-2-4-7-20)25-16-24(31-27-22(28(36)37)17-30-35(25)27)23-19-34(26-21(23)8-5-9-29-26)11-10-33-12-14-38-15-13-33;1-27-22-13-21(31-24-19(14-30-34(22)24)25(36)29-16-26(17-35)4-5-26)20-15-33(23-18(20)3-2-6-28-23)8-7-32-9-11-37-12-10-32;1-22-18-11-17(25-20-15(21(29)30)12-24-28(18)20)16-13-27(19-14(16)3-2-4-23-19)6-5-26-7-9-31-10-8-26;6-3-5(4-7)1-2-5/h2-9,16-17,19H,10-15,18H2,1H3,(H,36,37);2-3,6,13-15,27,35H,4-5,7-12,16-17H2,1H3,(H,29,36);2-4,11-13,22H,5-10H2,1H3,(H,29,30);7H,1-4,6H2. The molecule has 1 amide bonds. The van der Waals surface area contributed by atoms with Gasteiger partial charge in [0.15, 0.2) is 16.9 Å². The molecule has 2 saturated carbocycles. The van der Waals surface area contributed by atoms with E-state index in [0.29, 0.717) is 59.3 Å². The summed E-state index contributed by atoms with van der Waals surface area (Å²) >= 11 is 0. The summed E-state index contributed by atoms with van der Waals surface area (Å²) in [7, 11) is 5.57. The van der Waals surface area contributed by atoms with Gasteiger partial charge in [0, 0.05) is 225 Å². The van der Waals surface area contributed by atoms with Crippen LogP contribution in [0.4, 0.5) is 17.5 Å². The van der Waals surface area contributed by atoms with Crippen LogP contribution in [0.25, 0.3) is 83.8 Å². The number of carboxylic acid groups (broad SMARTS) is 2. The summed E-state index contributed by atoms with van der Waals surface area (Å²) in [5.41, 5.74) is 15.6. The fourth-order valence-corrected chi connectivity index (χ4v) is 14.6. The topological polar surface area (TPSA) is 379 Å². The van der Waals surface area contributed by atoms with Crippen molar-refractivity contribution in [2.45, 2.75) is 51.9 Å². The van der Waals surface area contributed by atoms with Crippen LogP contribution in [-0.2, 0) is 40.4 Å². The lowest BCUT2D eigenvalue weighted by molar-refractivity contribution is 0.0365. The molecule has 18 rings (SSSR count). The highest BCUT2D eigenvalue weighted by atomic mass is 16.5. The SMILES string of the molecule is CN(Cc1ccccc1)c1cc(-c2cn(CCN3CCOCC3)c3ncccc23)nc2c(C(=O)O)cnn12.CNc1cc(-c2cn(CCN3CCOCC3)c3ncccc23)nc2c(C(=O)NCC3(CO)CC3)cnn12.CNc1cc(-c2cn(CCN3CCOCC3)c3ncccc23)nc2c(C(=O)O)cnn12.NCC1(CO)CC1. The van der Waals surface area contributed by atoms with Gasteiger partial charge >= 0.3 is 11.9 Å². The third-order valence-electron chi connectivity index (χ3n) is 21.9. The van der Waals surface area contributed by atoms with Gasteiger partial charge in [0.25, 0.3) is 5.91 Å². The summed E-state index contributed by atoms with van der Waals surface area (Å²) in [6.45, 7) is 17.4. The quantitative estimate of drug-likeness (QED) is 0.0300. The summed E-state index contributed by atoms with van der Waals surface area (Å²) in [6, 6.07) is 27.8. The van der Waals surface area contributed by atoms with Gasteiger partial charge < -0.3 is 74.9 Å². The molecule has 3 saturated heterocycles. The number of fused-ring (bicyclic) bond motifs is 6. The Bertz CT molecular complexity index is 5510. The normalized spacial score (nSPS) is 16.2. The number of aromatic nitrogens is 15. The fraction of sp³-hybridized carbons (Fsp3) is 0.400. The van der Waals surface area contributed by atoms with Crippen molar-refractivity contribution in [3.8, 4) is 33.8 Å². The minimum atomic E-state index is -1.06. The van der Waals surface area contributed by atoms with Crippen molar-refractivity contribution in [3.05, 3.63) is 163 Å². The number of nitrogens with one attached hydrogen (secondary N) is 3. The zero-order valence-electron chi connectivity index (χ0n) is 63.7. The molecule has 33 nitrogen and oxygen atoms in total. The highest BCUT2D eigenvalue weighted by Crippen LogP contribution is 2.45. The third kappa shape index (κ3) is 16.9. The van der Waals surface area contributed by atoms with Crippen molar-refractivity contribution < 1.29 is 49.0 Å². The van der Waals surface area contributed by atoms with Gasteiger partial charge in [-0.3, -0.25) is 19.5 Å². The molecule has 1 aromatic carbocycles. The van der Waals surface area contributed by atoms with Gasteiger partial charge in [-0.1, -0.05) is 30.3 Å². The zero-order valence-corrected chi connectivity index (χ0v) is 63.7. The summed E-state index contributed by atoms with van der Waals surface area (Å²) in [6.07, 6.45) is 20.0. The van der Waals surface area contributed by atoms with Gasteiger partial charge in [0.05, 0.1) is 81.9 Å². The van der Waals surface area contributed by atoms with E-state index in [-0.39, 0.29) is 41.1 Å². The number of aromatic carboxylic acids is 2. The van der Waals surface area contributed by atoms with Crippen LogP contribution in [0.3, 0.4) is 0 Å². The monoisotopic (exact) mass is 1540 g/mol. The number of amides is 1. The van der Waals surface area contributed by atoms with Crippen molar-refractivity contribution in [1.29, 1.82) is 0 Å². The average Bonchev–Trinajstić information content (AvgIpc) is 1.62. The predicted octanol–water partition coefficient (Wildman–Crippen LogP) is 6.57. The number of hydrogen-bond donors (Lipinski definition) is 8. The number of aliphatic hydroxyl groups is 2. The molecule has 15 heterocycles. The Balaban J connectivity index is 0.000000128. The second-order valence-corrected chi connectivity index (χ2v) is 29.3. The minimum Gasteiger partial charge on any atom is -0.477 e. The van der Waals surface area contributed by atoms with Gasteiger partial charge in [0.1, 0.15) is 51.1 Å². The number of carbonyl (C=O) groups is 3. The van der Waals surface area contributed by atoms with E-state index in [1.165, 1.54) is 16.9 Å². The third-order valence-corrected chi connectivity index (χ3v) is 21.9. The number of hydrogen-bond acceptors (Lipinski definition) is 24. The van der Waals surface area contributed by atoms with E-state index in [0.717, 1.165) is 217 Å². The number of carbonyl (C=O) groups excluding carboxylic acids is 1. The molecule has 12 aromatic heterocycles. The minimum absolute atomic E-state index is 0.0625. The Morgan fingerprint density at radius 2 is 0.885 bits per heavy atom. The predicted molar refractivity (Wildman–Crippen MR) is 427 cm³/mol. The van der Waals surface area contributed by atoms with Gasteiger partial charge in [-0.15, -0.1) is 0 Å². The van der Waals surface area contributed by atoms with Crippen molar-refractivity contribution in [2.24, 2.45) is 16.6 Å². The van der Waals surface area contributed by atoms with Crippen molar-refractivity contribution in [1.82, 2.24) is 92.5 Å². The molecule has 0 atom stereocenters. The first kappa shape index (κ1) is 76.9. The molecule has 113 heavy (non-hydrogen) atoms. The Labute approximate surface area is 650 Å². The number of anilines is 3. The molecule has 0 spiro atoms. The molecule has 0 radical (unpaired) electrons. The first-order valence-electron chi connectivity index (χ1n) is 38.3. The first-order chi connectivity index (χ1) is 55.2. The van der Waals surface area contributed by atoms with E-state index in [1.807, 2.05) is 93.2 Å². The molecular weight excluding hydrogens is 1440 g/mol. The lowest BCUT2D eigenvalue weighted by atomic mass is 10.1. The zero-order chi connectivity index (χ0) is 78.2. The number of carboxylic acids is 2. The smallest absolute Gasteiger partial charge is 0.341 e. The number of nitrogens with zero attached hydrogens (tertiary/aromatic N) is 19. The maximum Gasteiger partial charge on any atom is 0.341 e. The second kappa shape index (κ2) is 34.3. The summed E-state index contributed by atoms with van der Waals surface area (Å²) in [5.74, 6) is -0.223. The molecule has 0 unspecified atom stereocenters. The van der Waals surface area contributed by atoms with Crippen LogP contribution in [-0.4, -0.2) is 271 Å². The molecule has 33 heteroatoms. The van der Waals surface area contributed by atoms with Crippen LogP contribution in [0.2, 0.25) is 0 Å². The number of nitrogens with two attached hydrogens (primary N) is 1. The lowest BCUT2D eigenvalue weighted by Crippen LogP contribution is -2.38. The molecule has 9 N–H and O–H groups in total. The highest BCUT2D eigenvalue weighted by Gasteiger charge is 2.43. The van der Waals surface area contributed by atoms with Gasteiger partial charge in [-0.05, 0) is 67.6 Å². The Kier molecular flexibility index (Phi) is 23.3. The maximum absolute atomic E-state index is 13.1. The van der Waals surface area contributed by atoms with Crippen LogP contribution >= 0.6 is 0 Å². The number of aliphatic hydroxyl groups excluding tert-OH is 2. The van der Waals surface area contributed by atoms with E-state index in [4.69, 9.17) is 35.0 Å². The van der Waals surface area contributed by atoms with Crippen LogP contribution in [0.5, 0.6) is 0 Å². The van der Waals surface area contributed by atoms with Crippen molar-refractivity contribution >= 4 is 85.3 Å². The van der Waals surface area contributed by atoms with Crippen LogP contribution in [0.1, 0.15) is 62.3 Å². The van der Waals surface area contributed by atoms with Gasteiger partial charge in [-0.25, -0.2) is 39.5 Å². The highest BCUT2D eigenvalue weighted by molar-refractivity contribution is 6.02. The van der Waals surface area contributed by atoms with E-state index in [1.54, 1.807) is 34.7 Å². The number of morpholine rings is 3. The molecule has 13 aromatic rings. The fourth-order valence-electron chi connectivity index (χ4n) is 14.6.